The molecule has 5 heteroatoms. The third-order valence-corrected chi connectivity index (χ3v) is 4.33. The summed E-state index contributed by atoms with van der Waals surface area (Å²) in [6.45, 7) is 4.22. The molecular weight excluding hydrogens is 356 g/mol. The van der Waals surface area contributed by atoms with Crippen LogP contribution in [0.5, 0.6) is 5.75 Å². The van der Waals surface area contributed by atoms with E-state index in [1.165, 1.54) is 0 Å². The van der Waals surface area contributed by atoms with E-state index in [1.54, 1.807) is 18.1 Å². The lowest BCUT2D eigenvalue weighted by Crippen LogP contribution is -2.43. The van der Waals surface area contributed by atoms with Crippen molar-refractivity contribution in [1.29, 1.82) is 0 Å². The van der Waals surface area contributed by atoms with Crippen LogP contribution >= 0.6 is 15.9 Å². The first-order valence-corrected chi connectivity index (χ1v) is 8.06. The van der Waals surface area contributed by atoms with Gasteiger partial charge in [-0.2, -0.15) is 0 Å². The topological polar surface area (TPSA) is 41.6 Å². The van der Waals surface area contributed by atoms with Crippen molar-refractivity contribution < 1.29 is 9.53 Å². The first-order valence-electron chi connectivity index (χ1n) is 7.26. The van der Waals surface area contributed by atoms with Gasteiger partial charge in [0.2, 0.25) is 0 Å². The van der Waals surface area contributed by atoms with E-state index in [0.717, 1.165) is 21.5 Å². The number of nitrogens with one attached hydrogen (secondary N) is 1. The molecule has 118 valence electrons. The van der Waals surface area contributed by atoms with Crippen LogP contribution in [0.4, 0.5) is 5.69 Å². The quantitative estimate of drug-likeness (QED) is 0.817. The molecule has 0 spiro atoms. The van der Waals surface area contributed by atoms with Gasteiger partial charge in [-0.15, -0.1) is 6.58 Å². The van der Waals surface area contributed by atoms with E-state index in [1.807, 2.05) is 42.5 Å². The summed E-state index contributed by atoms with van der Waals surface area (Å²) in [6, 6.07) is 13.3. The van der Waals surface area contributed by atoms with E-state index >= 15 is 0 Å². The molecule has 0 saturated carbocycles. The molecule has 1 atom stereocenters. The molecule has 0 bridgehead atoms. The zero-order valence-corrected chi connectivity index (χ0v) is 14.3. The van der Waals surface area contributed by atoms with Crippen molar-refractivity contribution in [3.8, 4) is 5.75 Å². The number of para-hydroxylation sites is 1. The number of amides is 1. The minimum absolute atomic E-state index is 0.0220. The van der Waals surface area contributed by atoms with Gasteiger partial charge in [0, 0.05) is 22.3 Å². The van der Waals surface area contributed by atoms with Crippen molar-refractivity contribution in [2.24, 2.45) is 0 Å². The molecule has 0 radical (unpaired) electrons. The maximum Gasteiger partial charge on any atom is 0.258 e. The number of nitrogens with zero attached hydrogens (tertiary/aromatic N) is 1. The first kappa shape index (κ1) is 15.6. The van der Waals surface area contributed by atoms with Crippen molar-refractivity contribution >= 4 is 27.5 Å². The predicted octanol–water partition coefficient (Wildman–Crippen LogP) is 4.21. The number of fused-ring (bicyclic) bond motifs is 1. The number of carbonyl (C=O) groups excluding carboxylic acids is 1. The van der Waals surface area contributed by atoms with Crippen LogP contribution in [-0.2, 0) is 0 Å². The largest absolute Gasteiger partial charge is 0.496 e. The van der Waals surface area contributed by atoms with Crippen LogP contribution in [0, 0.1) is 0 Å². The molecule has 23 heavy (non-hydrogen) atoms. The first-order chi connectivity index (χ1) is 11.2. The number of hydrogen-bond acceptors (Lipinski definition) is 3. The van der Waals surface area contributed by atoms with Gasteiger partial charge >= 0.3 is 0 Å². The van der Waals surface area contributed by atoms with Crippen molar-refractivity contribution in [2.75, 3.05) is 19.0 Å². The molecule has 4 nitrogen and oxygen atoms in total. The van der Waals surface area contributed by atoms with Gasteiger partial charge < -0.3 is 15.0 Å². The molecule has 1 aliphatic rings. The van der Waals surface area contributed by atoms with E-state index in [0.29, 0.717) is 12.1 Å². The summed E-state index contributed by atoms with van der Waals surface area (Å²) in [5, 5.41) is 3.44. The van der Waals surface area contributed by atoms with Crippen LogP contribution in [0.1, 0.15) is 22.1 Å². The van der Waals surface area contributed by atoms with Crippen molar-refractivity contribution in [3.63, 3.8) is 0 Å². The molecular formula is C18H17BrN2O2. The van der Waals surface area contributed by atoms with Gasteiger partial charge in [0.05, 0.1) is 12.7 Å². The third-order valence-electron chi connectivity index (χ3n) is 3.83. The minimum atomic E-state index is -0.317. The Labute approximate surface area is 143 Å². The summed E-state index contributed by atoms with van der Waals surface area (Å²) in [4.78, 5) is 14.6. The summed E-state index contributed by atoms with van der Waals surface area (Å²) in [7, 11) is 1.63. The number of hydrogen-bond donors (Lipinski definition) is 1. The fraction of sp³-hybridized carbons (Fsp3) is 0.167. The number of anilines is 1. The average molecular weight is 373 g/mol. The summed E-state index contributed by atoms with van der Waals surface area (Å²) < 4.78 is 6.41. The zero-order valence-electron chi connectivity index (χ0n) is 12.8. The Morgan fingerprint density at radius 2 is 2.13 bits per heavy atom. The molecule has 2 aromatic carbocycles. The van der Waals surface area contributed by atoms with Crippen LogP contribution < -0.4 is 10.1 Å². The van der Waals surface area contributed by atoms with Crippen LogP contribution in [-0.4, -0.2) is 24.5 Å². The second-order valence-corrected chi connectivity index (χ2v) is 6.14. The highest BCUT2D eigenvalue weighted by Crippen LogP contribution is 2.37. The molecule has 1 unspecified atom stereocenters. The molecule has 3 rings (SSSR count). The van der Waals surface area contributed by atoms with Crippen LogP contribution in [0.2, 0.25) is 0 Å². The Bertz CT molecular complexity index is 760. The maximum absolute atomic E-state index is 12.9. The molecule has 0 aliphatic carbocycles. The van der Waals surface area contributed by atoms with E-state index in [2.05, 4.69) is 27.8 Å². The number of methoxy groups -OCH3 is 1. The van der Waals surface area contributed by atoms with Gasteiger partial charge in [-0.25, -0.2) is 0 Å². The smallest absolute Gasteiger partial charge is 0.258 e. The van der Waals surface area contributed by atoms with E-state index in [-0.39, 0.29) is 12.1 Å². The maximum atomic E-state index is 12.9. The van der Waals surface area contributed by atoms with E-state index < -0.39 is 0 Å². The number of benzene rings is 2. The number of carbonyl (C=O) groups is 1. The van der Waals surface area contributed by atoms with Gasteiger partial charge in [0.15, 0.2) is 0 Å². The molecule has 1 heterocycles. The Kier molecular flexibility index (Phi) is 4.39. The predicted molar refractivity (Wildman–Crippen MR) is 94.7 cm³/mol. The van der Waals surface area contributed by atoms with E-state index in [9.17, 15) is 4.79 Å². The molecule has 0 saturated heterocycles. The van der Waals surface area contributed by atoms with Gasteiger partial charge in [-0.3, -0.25) is 4.79 Å². The monoisotopic (exact) mass is 372 g/mol. The average Bonchev–Trinajstić information content (AvgIpc) is 2.57. The minimum Gasteiger partial charge on any atom is -0.496 e. The van der Waals surface area contributed by atoms with Crippen LogP contribution in [0.15, 0.2) is 59.6 Å². The summed E-state index contributed by atoms with van der Waals surface area (Å²) in [5.41, 5.74) is 2.39. The molecule has 1 amide bonds. The van der Waals surface area contributed by atoms with Gasteiger partial charge in [-0.05, 0) is 30.3 Å². The fourth-order valence-electron chi connectivity index (χ4n) is 2.78. The summed E-state index contributed by atoms with van der Waals surface area (Å²) >= 11 is 3.49. The summed E-state index contributed by atoms with van der Waals surface area (Å²) in [5.74, 6) is 0.707. The van der Waals surface area contributed by atoms with Crippen molar-refractivity contribution in [3.05, 3.63) is 70.7 Å². The molecule has 0 fully saturated rings. The lowest BCUT2D eigenvalue weighted by atomic mass is 10.0. The zero-order chi connectivity index (χ0) is 16.4. The van der Waals surface area contributed by atoms with Crippen LogP contribution in [0.3, 0.4) is 0 Å². The Balaban J connectivity index is 2.12. The van der Waals surface area contributed by atoms with Gasteiger partial charge in [0.25, 0.3) is 5.91 Å². The number of rotatable bonds is 4. The Morgan fingerprint density at radius 1 is 1.35 bits per heavy atom. The lowest BCUT2D eigenvalue weighted by Gasteiger charge is -2.38. The van der Waals surface area contributed by atoms with Crippen molar-refractivity contribution in [1.82, 2.24) is 4.90 Å². The number of halogens is 1. The van der Waals surface area contributed by atoms with E-state index in [4.69, 9.17) is 4.74 Å². The van der Waals surface area contributed by atoms with Gasteiger partial charge in [0.1, 0.15) is 11.9 Å². The standard InChI is InChI=1S/C18H17BrN2O2/c1-3-10-21-17(14-11-12(19)8-9-16(14)23-2)20-15-7-5-4-6-13(15)18(21)22/h3-9,11,17,20H,1,10H2,2H3. The molecule has 2 aromatic rings. The second-order valence-electron chi connectivity index (χ2n) is 5.22. The summed E-state index contributed by atoms with van der Waals surface area (Å²) in [6.07, 6.45) is 1.41. The SMILES string of the molecule is C=CCN1C(=O)c2ccccc2NC1c1cc(Br)ccc1OC. The molecule has 1 aliphatic heterocycles. The highest BCUT2D eigenvalue weighted by atomic mass is 79.9. The normalized spacial score (nSPS) is 16.5. The Hall–Kier alpha value is -2.27. The fourth-order valence-corrected chi connectivity index (χ4v) is 3.16. The molecule has 1 N–H and O–H groups in total. The Morgan fingerprint density at radius 3 is 2.87 bits per heavy atom. The highest BCUT2D eigenvalue weighted by molar-refractivity contribution is 9.10. The molecule has 0 aromatic heterocycles. The number of ether oxygens (including phenoxy) is 1. The van der Waals surface area contributed by atoms with Crippen molar-refractivity contribution in [2.45, 2.75) is 6.17 Å². The third kappa shape index (κ3) is 2.84. The van der Waals surface area contributed by atoms with Crippen LogP contribution in [0.25, 0.3) is 0 Å². The lowest BCUT2D eigenvalue weighted by molar-refractivity contribution is 0.0706. The van der Waals surface area contributed by atoms with Gasteiger partial charge in [-0.1, -0.05) is 34.1 Å². The highest BCUT2D eigenvalue weighted by Gasteiger charge is 2.33. The second kappa shape index (κ2) is 6.46.